The lowest BCUT2D eigenvalue weighted by Gasteiger charge is -2.20. The molecule has 19 heavy (non-hydrogen) atoms. The maximum absolute atomic E-state index is 11.7. The highest BCUT2D eigenvalue weighted by Crippen LogP contribution is 2.28. The zero-order valence-corrected chi connectivity index (χ0v) is 12.7. The summed E-state index contributed by atoms with van der Waals surface area (Å²) >= 11 is 0. The van der Waals surface area contributed by atoms with Gasteiger partial charge in [0.1, 0.15) is 6.10 Å². The predicted octanol–water partition coefficient (Wildman–Crippen LogP) is 3.62. The van der Waals surface area contributed by atoms with Crippen LogP contribution in [0.25, 0.3) is 0 Å². The average molecular weight is 264 g/mol. The van der Waals surface area contributed by atoms with Crippen molar-refractivity contribution < 1.29 is 14.6 Å². The largest absolute Gasteiger partial charge is 0.458 e. The second-order valence-corrected chi connectivity index (χ2v) is 5.48. The van der Waals surface area contributed by atoms with Crippen LogP contribution in [0.2, 0.25) is 0 Å². The van der Waals surface area contributed by atoms with Gasteiger partial charge in [-0.2, -0.15) is 0 Å². The van der Waals surface area contributed by atoms with Crippen molar-refractivity contribution in [3.63, 3.8) is 0 Å². The minimum Gasteiger partial charge on any atom is -0.458 e. The minimum absolute atomic E-state index is 0.135. The van der Waals surface area contributed by atoms with Gasteiger partial charge in [-0.25, -0.2) is 0 Å². The third-order valence-electron chi connectivity index (χ3n) is 3.31. The quantitative estimate of drug-likeness (QED) is 0.845. The number of hydrogen-bond donors (Lipinski definition) is 1. The first-order valence-electron chi connectivity index (χ1n) is 6.73. The standard InChI is InChI=1S/C16H24O3/c1-9(2)16(18)19-13(6)15-8-14(12(5)17)10(3)7-11(15)4/h7-9,12-13,17H,1-6H3/t12-,13+/m0/s1. The Morgan fingerprint density at radius 3 is 2.05 bits per heavy atom. The van der Waals surface area contributed by atoms with E-state index in [4.69, 9.17) is 4.74 Å². The zero-order valence-electron chi connectivity index (χ0n) is 12.7. The number of hydrogen-bond acceptors (Lipinski definition) is 3. The Bertz CT molecular complexity index is 461. The molecule has 0 fully saturated rings. The lowest BCUT2D eigenvalue weighted by Crippen LogP contribution is -2.15. The summed E-state index contributed by atoms with van der Waals surface area (Å²) in [5, 5.41) is 9.76. The molecule has 0 aliphatic rings. The summed E-state index contributed by atoms with van der Waals surface area (Å²) in [5.41, 5.74) is 3.97. The summed E-state index contributed by atoms with van der Waals surface area (Å²) in [7, 11) is 0. The van der Waals surface area contributed by atoms with Gasteiger partial charge in [-0.3, -0.25) is 4.79 Å². The Morgan fingerprint density at radius 2 is 1.58 bits per heavy atom. The summed E-state index contributed by atoms with van der Waals surface area (Å²) in [4.78, 5) is 11.7. The molecule has 3 nitrogen and oxygen atoms in total. The van der Waals surface area contributed by atoms with Gasteiger partial charge in [-0.1, -0.05) is 19.9 Å². The lowest BCUT2D eigenvalue weighted by molar-refractivity contribution is -0.152. The van der Waals surface area contributed by atoms with E-state index in [0.717, 1.165) is 22.3 Å². The van der Waals surface area contributed by atoms with E-state index in [1.165, 1.54) is 0 Å². The fourth-order valence-corrected chi connectivity index (χ4v) is 2.15. The number of aryl methyl sites for hydroxylation is 2. The summed E-state index contributed by atoms with van der Waals surface area (Å²) < 4.78 is 5.43. The fourth-order valence-electron chi connectivity index (χ4n) is 2.15. The van der Waals surface area contributed by atoms with Gasteiger partial charge in [-0.05, 0) is 56.0 Å². The highest BCUT2D eigenvalue weighted by Gasteiger charge is 2.18. The Balaban J connectivity index is 3.06. The summed E-state index contributed by atoms with van der Waals surface area (Å²) in [6, 6.07) is 3.96. The number of carbonyl (C=O) groups excluding carboxylic acids is 1. The topological polar surface area (TPSA) is 46.5 Å². The molecule has 0 heterocycles. The van der Waals surface area contributed by atoms with Crippen LogP contribution in [0.3, 0.4) is 0 Å². The Kier molecular flexibility index (Phi) is 5.12. The highest BCUT2D eigenvalue weighted by atomic mass is 16.5. The molecule has 2 atom stereocenters. The van der Waals surface area contributed by atoms with E-state index < -0.39 is 6.10 Å². The van der Waals surface area contributed by atoms with Gasteiger partial charge in [0.15, 0.2) is 0 Å². The first-order valence-corrected chi connectivity index (χ1v) is 6.73. The fraction of sp³-hybridized carbons (Fsp3) is 0.562. The van der Waals surface area contributed by atoms with Crippen LogP contribution in [0.1, 0.15) is 62.2 Å². The van der Waals surface area contributed by atoms with E-state index in [1.807, 2.05) is 46.8 Å². The molecule has 0 aromatic heterocycles. The molecule has 0 saturated heterocycles. The van der Waals surface area contributed by atoms with Crippen molar-refractivity contribution in [2.45, 2.75) is 53.8 Å². The molecule has 0 radical (unpaired) electrons. The van der Waals surface area contributed by atoms with E-state index in [9.17, 15) is 9.90 Å². The molecule has 0 aliphatic heterocycles. The molecule has 0 amide bonds. The molecule has 1 aromatic carbocycles. The minimum atomic E-state index is -0.521. The maximum Gasteiger partial charge on any atom is 0.308 e. The number of esters is 1. The molecule has 1 N–H and O–H groups in total. The molecule has 106 valence electrons. The van der Waals surface area contributed by atoms with Crippen molar-refractivity contribution in [2.75, 3.05) is 0 Å². The molecular formula is C16H24O3. The summed E-state index contributed by atoms with van der Waals surface area (Å²) in [6.45, 7) is 11.2. The number of aliphatic hydroxyl groups excluding tert-OH is 1. The Labute approximate surface area is 115 Å². The van der Waals surface area contributed by atoms with Crippen molar-refractivity contribution in [3.05, 3.63) is 34.4 Å². The van der Waals surface area contributed by atoms with Gasteiger partial charge < -0.3 is 9.84 Å². The molecule has 0 unspecified atom stereocenters. The van der Waals surface area contributed by atoms with Crippen molar-refractivity contribution in [1.29, 1.82) is 0 Å². The maximum atomic E-state index is 11.7. The summed E-state index contributed by atoms with van der Waals surface area (Å²) in [5.74, 6) is -0.337. The number of carbonyl (C=O) groups is 1. The van der Waals surface area contributed by atoms with Gasteiger partial charge in [0, 0.05) is 0 Å². The normalized spacial score (nSPS) is 14.3. The molecule has 0 spiro atoms. The second kappa shape index (κ2) is 6.20. The smallest absolute Gasteiger partial charge is 0.308 e. The van der Waals surface area contributed by atoms with Crippen LogP contribution in [-0.2, 0) is 9.53 Å². The lowest BCUT2D eigenvalue weighted by atomic mass is 9.94. The van der Waals surface area contributed by atoms with Crippen LogP contribution >= 0.6 is 0 Å². The van der Waals surface area contributed by atoms with Crippen molar-refractivity contribution in [3.8, 4) is 0 Å². The van der Waals surface area contributed by atoms with Crippen LogP contribution < -0.4 is 0 Å². The first kappa shape index (κ1) is 15.7. The Morgan fingerprint density at radius 1 is 1.05 bits per heavy atom. The van der Waals surface area contributed by atoms with Crippen LogP contribution in [0.15, 0.2) is 12.1 Å². The zero-order chi connectivity index (χ0) is 14.7. The van der Waals surface area contributed by atoms with Crippen LogP contribution in [-0.4, -0.2) is 11.1 Å². The SMILES string of the molecule is Cc1cc(C)c([C@@H](C)OC(=O)C(C)C)cc1[C@H](C)O. The van der Waals surface area contributed by atoms with E-state index in [2.05, 4.69) is 0 Å². The van der Waals surface area contributed by atoms with Gasteiger partial charge in [0.2, 0.25) is 0 Å². The predicted molar refractivity (Wildman–Crippen MR) is 75.9 cm³/mol. The van der Waals surface area contributed by atoms with E-state index in [0.29, 0.717) is 0 Å². The van der Waals surface area contributed by atoms with Gasteiger partial charge in [0.05, 0.1) is 12.0 Å². The molecule has 3 heteroatoms. The van der Waals surface area contributed by atoms with Crippen LogP contribution in [0.4, 0.5) is 0 Å². The third-order valence-corrected chi connectivity index (χ3v) is 3.31. The third kappa shape index (κ3) is 3.80. The highest BCUT2D eigenvalue weighted by molar-refractivity contribution is 5.71. The number of aliphatic hydroxyl groups is 1. The molecular weight excluding hydrogens is 240 g/mol. The Hall–Kier alpha value is -1.35. The first-order chi connectivity index (χ1) is 8.73. The van der Waals surface area contributed by atoms with Crippen LogP contribution in [0.5, 0.6) is 0 Å². The summed E-state index contributed by atoms with van der Waals surface area (Å²) in [6.07, 6.45) is -0.819. The monoisotopic (exact) mass is 264 g/mol. The number of rotatable bonds is 4. The van der Waals surface area contributed by atoms with Crippen molar-refractivity contribution in [2.24, 2.45) is 5.92 Å². The van der Waals surface area contributed by atoms with E-state index >= 15 is 0 Å². The van der Waals surface area contributed by atoms with Crippen LogP contribution in [0, 0.1) is 19.8 Å². The van der Waals surface area contributed by atoms with E-state index in [-0.39, 0.29) is 18.0 Å². The number of benzene rings is 1. The number of ether oxygens (including phenoxy) is 1. The molecule has 1 rings (SSSR count). The average Bonchev–Trinajstić information content (AvgIpc) is 2.27. The molecule has 0 saturated carbocycles. The second-order valence-electron chi connectivity index (χ2n) is 5.48. The van der Waals surface area contributed by atoms with E-state index in [1.54, 1.807) is 6.92 Å². The van der Waals surface area contributed by atoms with Crippen molar-refractivity contribution in [1.82, 2.24) is 0 Å². The molecule has 1 aromatic rings. The van der Waals surface area contributed by atoms with Crippen molar-refractivity contribution >= 4 is 5.97 Å². The molecule has 0 aliphatic carbocycles. The molecule has 0 bridgehead atoms. The van der Waals surface area contributed by atoms with Gasteiger partial charge in [0.25, 0.3) is 0 Å². The van der Waals surface area contributed by atoms with Gasteiger partial charge >= 0.3 is 5.97 Å². The van der Waals surface area contributed by atoms with Gasteiger partial charge in [-0.15, -0.1) is 0 Å².